The molecule has 4 aliphatic rings. The lowest BCUT2D eigenvalue weighted by Gasteiger charge is -2.64. The number of hydrogen-bond acceptors (Lipinski definition) is 5. The van der Waals surface area contributed by atoms with Gasteiger partial charge in [0.2, 0.25) is 0 Å². The second-order valence-corrected chi connectivity index (χ2v) is 11.0. The fraction of sp³-hybridized carbons (Fsp3) is 0.680. The Morgan fingerprint density at radius 1 is 1.23 bits per heavy atom. The van der Waals surface area contributed by atoms with E-state index in [9.17, 15) is 14.7 Å². The Morgan fingerprint density at radius 3 is 2.68 bits per heavy atom. The predicted octanol–water partition coefficient (Wildman–Crippen LogP) is 4.11. The molecule has 0 saturated heterocycles. The highest BCUT2D eigenvalue weighted by Gasteiger charge is 2.67. The van der Waals surface area contributed by atoms with Crippen LogP contribution in [-0.4, -0.2) is 28.7 Å². The first-order chi connectivity index (χ1) is 14.5. The molecule has 5 atom stereocenters. The van der Waals surface area contributed by atoms with Gasteiger partial charge in [0.1, 0.15) is 23.2 Å². The lowest BCUT2D eigenvalue weighted by atomic mass is 9.43. The van der Waals surface area contributed by atoms with Crippen molar-refractivity contribution in [1.29, 1.82) is 0 Å². The number of nitrogens with one attached hydrogen (secondary N) is 1. The van der Waals surface area contributed by atoms with Gasteiger partial charge in [-0.05, 0) is 43.6 Å². The summed E-state index contributed by atoms with van der Waals surface area (Å²) in [5.41, 5.74) is 1.47. The first-order valence-electron chi connectivity index (χ1n) is 11.5. The molecular weight excluding hydrogens is 394 g/mol. The topological polar surface area (TPSA) is 84.9 Å². The fourth-order valence-electron chi connectivity index (χ4n) is 7.59. The molecule has 2 saturated carbocycles. The van der Waals surface area contributed by atoms with Crippen LogP contribution >= 0.6 is 0 Å². The lowest BCUT2D eigenvalue weighted by Crippen LogP contribution is -2.67. The van der Waals surface area contributed by atoms with Crippen molar-refractivity contribution in [1.82, 2.24) is 5.32 Å². The van der Waals surface area contributed by atoms with Gasteiger partial charge in [0.25, 0.3) is 5.91 Å². The lowest BCUT2D eigenvalue weighted by molar-refractivity contribution is -0.218. The molecule has 2 aliphatic carbocycles. The standard InChI is InChI=1S/C25H33NO5/c1-13-6-7-19-23(3,4)20(30-14(2)27)8-9-24(19,5)25(13)11-16-18(28)10-15-17(21(16)31-25)12-26-22(15)29/h10,13,19-20,28H,6-9,11-12H2,1-5H3,(H,26,29). The van der Waals surface area contributed by atoms with Crippen LogP contribution in [-0.2, 0) is 22.5 Å². The van der Waals surface area contributed by atoms with Crippen LogP contribution in [0.25, 0.3) is 0 Å². The molecule has 1 amide bonds. The molecule has 31 heavy (non-hydrogen) atoms. The quantitative estimate of drug-likeness (QED) is 0.659. The van der Waals surface area contributed by atoms with E-state index in [-0.39, 0.29) is 34.6 Å². The molecule has 2 N–H and O–H groups in total. The van der Waals surface area contributed by atoms with Crippen molar-refractivity contribution in [3.63, 3.8) is 0 Å². The number of amides is 1. The van der Waals surface area contributed by atoms with Gasteiger partial charge in [0, 0.05) is 41.8 Å². The van der Waals surface area contributed by atoms with Crippen molar-refractivity contribution in [3.8, 4) is 11.5 Å². The zero-order valence-electron chi connectivity index (χ0n) is 19.1. The molecule has 1 aromatic rings. The van der Waals surface area contributed by atoms with Crippen LogP contribution in [0.5, 0.6) is 11.5 Å². The number of benzene rings is 1. The van der Waals surface area contributed by atoms with E-state index in [0.29, 0.717) is 36.1 Å². The number of ether oxygens (including phenoxy) is 2. The van der Waals surface area contributed by atoms with E-state index in [4.69, 9.17) is 9.47 Å². The monoisotopic (exact) mass is 427 g/mol. The van der Waals surface area contributed by atoms with Crippen LogP contribution in [0.3, 0.4) is 0 Å². The normalized spacial score (nSPS) is 37.5. The van der Waals surface area contributed by atoms with Crippen molar-refractivity contribution in [2.24, 2.45) is 22.7 Å². The largest absolute Gasteiger partial charge is 0.508 e. The van der Waals surface area contributed by atoms with E-state index in [2.05, 4.69) is 33.0 Å². The number of aromatic hydroxyl groups is 1. The molecule has 6 heteroatoms. The maximum atomic E-state index is 12.2. The zero-order chi connectivity index (χ0) is 22.3. The summed E-state index contributed by atoms with van der Waals surface area (Å²) >= 11 is 0. The second-order valence-electron chi connectivity index (χ2n) is 11.0. The first kappa shape index (κ1) is 20.7. The number of phenols is 1. The Hall–Kier alpha value is -2.24. The zero-order valence-corrected chi connectivity index (χ0v) is 19.1. The number of carbonyl (C=O) groups is 2. The van der Waals surface area contributed by atoms with Gasteiger partial charge in [-0.3, -0.25) is 9.59 Å². The summed E-state index contributed by atoms with van der Waals surface area (Å²) in [6, 6.07) is 1.60. The van der Waals surface area contributed by atoms with Crippen LogP contribution in [0.15, 0.2) is 6.07 Å². The molecule has 2 aliphatic heterocycles. The molecule has 168 valence electrons. The van der Waals surface area contributed by atoms with Gasteiger partial charge in [-0.15, -0.1) is 0 Å². The van der Waals surface area contributed by atoms with E-state index in [1.165, 1.54) is 6.92 Å². The average Bonchev–Trinajstić information content (AvgIpc) is 3.26. The van der Waals surface area contributed by atoms with Crippen molar-refractivity contribution in [2.75, 3.05) is 0 Å². The molecule has 5 unspecified atom stereocenters. The van der Waals surface area contributed by atoms with Crippen molar-refractivity contribution >= 4 is 11.9 Å². The maximum absolute atomic E-state index is 12.2. The summed E-state index contributed by atoms with van der Waals surface area (Å²) in [4.78, 5) is 24.0. The van der Waals surface area contributed by atoms with Gasteiger partial charge in [-0.2, -0.15) is 0 Å². The van der Waals surface area contributed by atoms with E-state index in [1.54, 1.807) is 6.07 Å². The van der Waals surface area contributed by atoms with E-state index in [0.717, 1.165) is 36.8 Å². The van der Waals surface area contributed by atoms with Crippen molar-refractivity contribution in [3.05, 3.63) is 22.8 Å². The highest BCUT2D eigenvalue weighted by atomic mass is 16.5. The number of carbonyl (C=O) groups excluding carboxylic acids is 2. The Bertz CT molecular complexity index is 985. The number of esters is 1. The minimum atomic E-state index is -0.449. The molecule has 2 heterocycles. The third kappa shape index (κ3) is 2.56. The Morgan fingerprint density at radius 2 is 1.97 bits per heavy atom. The molecule has 0 radical (unpaired) electrons. The third-order valence-electron chi connectivity index (χ3n) is 9.24. The van der Waals surface area contributed by atoms with Gasteiger partial charge in [-0.25, -0.2) is 0 Å². The van der Waals surface area contributed by atoms with Gasteiger partial charge in [-0.1, -0.05) is 27.7 Å². The summed E-state index contributed by atoms with van der Waals surface area (Å²) in [6.45, 7) is 11.0. The van der Waals surface area contributed by atoms with Gasteiger partial charge < -0.3 is 19.9 Å². The second kappa shape index (κ2) is 6.39. The molecule has 2 fully saturated rings. The Labute approximate surface area is 183 Å². The highest BCUT2D eigenvalue weighted by molar-refractivity contribution is 6.00. The molecule has 1 spiro atoms. The first-order valence-corrected chi connectivity index (χ1v) is 11.5. The minimum Gasteiger partial charge on any atom is -0.508 e. The van der Waals surface area contributed by atoms with Crippen LogP contribution in [0.4, 0.5) is 0 Å². The molecule has 1 aromatic carbocycles. The molecule has 0 bridgehead atoms. The molecule has 0 aromatic heterocycles. The number of rotatable bonds is 1. The van der Waals surface area contributed by atoms with E-state index < -0.39 is 5.60 Å². The average molecular weight is 428 g/mol. The van der Waals surface area contributed by atoms with Crippen LogP contribution in [0.1, 0.15) is 81.8 Å². The third-order valence-corrected chi connectivity index (χ3v) is 9.24. The summed E-state index contributed by atoms with van der Waals surface area (Å²) < 4.78 is 12.7. The molecule has 6 nitrogen and oxygen atoms in total. The summed E-state index contributed by atoms with van der Waals surface area (Å²) in [6.07, 6.45) is 4.34. The van der Waals surface area contributed by atoms with Crippen molar-refractivity contribution in [2.45, 2.75) is 85.0 Å². The number of fused-ring (bicyclic) bond motifs is 5. The van der Waals surface area contributed by atoms with Gasteiger partial charge in [0.05, 0.1) is 5.56 Å². The number of hydrogen-bond donors (Lipinski definition) is 2. The van der Waals surface area contributed by atoms with E-state index in [1.807, 2.05) is 0 Å². The minimum absolute atomic E-state index is 0.100. The van der Waals surface area contributed by atoms with Gasteiger partial charge in [0.15, 0.2) is 0 Å². The Balaban J connectivity index is 1.59. The SMILES string of the molecule is CC(=O)OC1CCC2(C)C(CCC(C)C23Cc2c(O)cc4c(c2O3)CNC4=O)C1(C)C. The van der Waals surface area contributed by atoms with Gasteiger partial charge >= 0.3 is 5.97 Å². The maximum Gasteiger partial charge on any atom is 0.302 e. The van der Waals surface area contributed by atoms with Crippen LogP contribution in [0, 0.1) is 22.7 Å². The summed E-state index contributed by atoms with van der Waals surface area (Å²) in [5.74, 6) is 1.13. The van der Waals surface area contributed by atoms with Crippen LogP contribution < -0.4 is 10.1 Å². The van der Waals surface area contributed by atoms with Crippen LogP contribution in [0.2, 0.25) is 0 Å². The summed E-state index contributed by atoms with van der Waals surface area (Å²) in [5, 5.41) is 13.7. The fourth-order valence-corrected chi connectivity index (χ4v) is 7.59. The molecular formula is C25H33NO5. The van der Waals surface area contributed by atoms with Crippen molar-refractivity contribution < 1.29 is 24.2 Å². The smallest absolute Gasteiger partial charge is 0.302 e. The Kier molecular flexibility index (Phi) is 4.26. The molecule has 5 rings (SSSR count). The summed E-state index contributed by atoms with van der Waals surface area (Å²) in [7, 11) is 0. The predicted molar refractivity (Wildman–Crippen MR) is 115 cm³/mol. The highest BCUT2D eigenvalue weighted by Crippen LogP contribution is 2.67. The number of phenolic OH excluding ortho intramolecular Hbond substituents is 1. The van der Waals surface area contributed by atoms with E-state index >= 15 is 0 Å².